The second-order valence-electron chi connectivity index (χ2n) is 12.2. The van der Waals surface area contributed by atoms with E-state index in [9.17, 15) is 22.8 Å². The molecule has 1 fully saturated rings. The third-order valence-corrected chi connectivity index (χ3v) is 8.79. The number of alkyl halides is 3. The predicted octanol–water partition coefficient (Wildman–Crippen LogP) is 5.80. The number of carboxylic acid groups (broad SMARTS) is 1. The number of aryl methyl sites for hydroxylation is 1. The molecule has 1 saturated carbocycles. The van der Waals surface area contributed by atoms with Gasteiger partial charge >= 0.3 is 12.1 Å². The second kappa shape index (κ2) is 13.9. The highest BCUT2D eigenvalue weighted by Gasteiger charge is 2.38. The Morgan fingerprint density at radius 2 is 1.80 bits per heavy atom. The van der Waals surface area contributed by atoms with Crippen LogP contribution in [-0.2, 0) is 16.6 Å². The minimum absolute atomic E-state index is 0.0576. The van der Waals surface area contributed by atoms with Crippen molar-refractivity contribution in [3.8, 4) is 28.2 Å². The van der Waals surface area contributed by atoms with Gasteiger partial charge in [0.1, 0.15) is 0 Å². The number of rotatable bonds is 4. The van der Waals surface area contributed by atoms with Crippen LogP contribution in [0.25, 0.3) is 28.2 Å². The standard InChI is InChI=1S/C31H30ClN9O2.C2HF3O2/c1-18-4-3-5-28(24-12-20(10-11-33-24)30-25(36-31(18)43)15-35-39(30)2)40-17-34-23(14-29(40)42)22-13-21(32)8-9-27(22)41-16-26(37-38-41)19-6-7-19;3-2(4,5)1(6)7/h8-19,28H,3-7H2,1-2H3,(H,36,43);(H,6,7)/t18-,28+;/m1./s1. The number of halogens is 4. The minimum Gasteiger partial charge on any atom is -0.475 e. The van der Waals surface area contributed by atoms with Crippen molar-refractivity contribution in [2.45, 2.75) is 57.2 Å². The maximum atomic E-state index is 13.8. The van der Waals surface area contributed by atoms with Gasteiger partial charge < -0.3 is 10.4 Å². The predicted molar refractivity (Wildman–Crippen MR) is 176 cm³/mol. The lowest BCUT2D eigenvalue weighted by Gasteiger charge is -2.22. The number of aliphatic carboxylic acids is 1. The molecule has 17 heteroatoms. The summed E-state index contributed by atoms with van der Waals surface area (Å²) in [5.74, 6) is -2.56. The summed E-state index contributed by atoms with van der Waals surface area (Å²) in [5.41, 5.74) is 5.66. The number of amides is 1. The number of benzene rings is 1. The zero-order valence-electron chi connectivity index (χ0n) is 26.8. The molecule has 1 amide bonds. The molecule has 50 heavy (non-hydrogen) atoms. The van der Waals surface area contributed by atoms with Crippen molar-refractivity contribution in [3.05, 3.63) is 88.1 Å². The Bertz CT molecular complexity index is 2120. The second-order valence-corrected chi connectivity index (χ2v) is 12.6. The molecule has 0 radical (unpaired) electrons. The van der Waals surface area contributed by atoms with Gasteiger partial charge in [0.2, 0.25) is 5.91 Å². The van der Waals surface area contributed by atoms with E-state index < -0.39 is 12.1 Å². The highest BCUT2D eigenvalue weighted by Crippen LogP contribution is 2.39. The van der Waals surface area contributed by atoms with Gasteiger partial charge in [0.15, 0.2) is 0 Å². The Morgan fingerprint density at radius 1 is 1.04 bits per heavy atom. The topological polar surface area (TPSA) is 163 Å². The summed E-state index contributed by atoms with van der Waals surface area (Å²) >= 11 is 6.40. The van der Waals surface area contributed by atoms with E-state index in [0.717, 1.165) is 41.2 Å². The molecule has 1 aliphatic heterocycles. The number of nitrogens with zero attached hydrogens (tertiary/aromatic N) is 8. The van der Waals surface area contributed by atoms with Crippen LogP contribution < -0.4 is 10.9 Å². The lowest BCUT2D eigenvalue weighted by atomic mass is 9.97. The number of hydrogen-bond donors (Lipinski definition) is 2. The quantitative estimate of drug-likeness (QED) is 0.235. The molecule has 1 aliphatic carbocycles. The van der Waals surface area contributed by atoms with Crippen molar-refractivity contribution in [1.29, 1.82) is 0 Å². The number of aromatic nitrogens is 8. The molecule has 0 saturated heterocycles. The summed E-state index contributed by atoms with van der Waals surface area (Å²) in [6.45, 7) is 1.91. The van der Waals surface area contributed by atoms with Crippen LogP contribution in [0.15, 0.2) is 66.1 Å². The number of carbonyl (C=O) groups is 2. The molecule has 5 heterocycles. The fraction of sp³-hybridized carbons (Fsp3) is 0.333. The van der Waals surface area contributed by atoms with E-state index in [1.165, 1.54) is 6.07 Å². The first-order valence-electron chi connectivity index (χ1n) is 15.7. The number of carboxylic acids is 1. The Morgan fingerprint density at radius 3 is 2.50 bits per heavy atom. The molecule has 4 aromatic heterocycles. The van der Waals surface area contributed by atoms with E-state index in [0.29, 0.717) is 47.1 Å². The van der Waals surface area contributed by atoms with Crippen molar-refractivity contribution in [3.63, 3.8) is 0 Å². The number of pyridine rings is 1. The van der Waals surface area contributed by atoms with Crippen molar-refractivity contribution in [2.24, 2.45) is 13.0 Å². The van der Waals surface area contributed by atoms with Gasteiger partial charge in [-0.15, -0.1) is 5.10 Å². The van der Waals surface area contributed by atoms with Gasteiger partial charge in [0.25, 0.3) is 5.56 Å². The van der Waals surface area contributed by atoms with E-state index in [1.54, 1.807) is 44.8 Å². The fourth-order valence-electron chi connectivity index (χ4n) is 5.75. The van der Waals surface area contributed by atoms with Crippen LogP contribution in [0, 0.1) is 5.92 Å². The van der Waals surface area contributed by atoms with E-state index in [2.05, 4.69) is 25.7 Å². The molecule has 2 aliphatic rings. The molecule has 13 nitrogen and oxygen atoms in total. The van der Waals surface area contributed by atoms with E-state index in [1.807, 2.05) is 38.4 Å². The average molecular weight is 710 g/mol. The number of fused-ring (bicyclic) bond motifs is 4. The van der Waals surface area contributed by atoms with Crippen LogP contribution in [-0.4, -0.2) is 62.5 Å². The summed E-state index contributed by atoms with van der Waals surface area (Å²) in [6, 6.07) is 10.4. The van der Waals surface area contributed by atoms with Gasteiger partial charge in [0, 0.05) is 47.3 Å². The Balaban J connectivity index is 0.000000561. The van der Waals surface area contributed by atoms with Crippen LogP contribution in [0.4, 0.5) is 18.9 Å². The largest absolute Gasteiger partial charge is 0.490 e. The molecule has 260 valence electrons. The summed E-state index contributed by atoms with van der Waals surface area (Å²) in [5, 5.41) is 23.7. The average Bonchev–Trinajstić information content (AvgIpc) is 3.70. The molecular formula is C33H31ClF3N9O4. The van der Waals surface area contributed by atoms with Crippen molar-refractivity contribution in [2.75, 3.05) is 5.32 Å². The Labute approximate surface area is 287 Å². The van der Waals surface area contributed by atoms with Gasteiger partial charge in [-0.1, -0.05) is 30.2 Å². The number of carbonyl (C=O) groups excluding carboxylic acids is 1. The number of hydrogen-bond acceptors (Lipinski definition) is 8. The number of anilines is 1. The SMILES string of the molecule is C[C@@H]1CCC[C@H](n2cnc(-c3cc(Cl)ccc3-n3cc(C4CC4)nn3)cc2=O)c2cc(ccn2)-c2c(cnn2C)NC1=O.O=C(O)C(F)(F)F. The molecule has 1 aromatic carbocycles. The van der Waals surface area contributed by atoms with Crippen LogP contribution in [0.2, 0.25) is 5.02 Å². The molecule has 7 rings (SSSR count). The maximum Gasteiger partial charge on any atom is 0.490 e. The van der Waals surface area contributed by atoms with Gasteiger partial charge in [0.05, 0.1) is 58.9 Å². The van der Waals surface area contributed by atoms with Crippen LogP contribution in [0.3, 0.4) is 0 Å². The number of nitrogens with one attached hydrogen (secondary N) is 1. The zero-order valence-corrected chi connectivity index (χ0v) is 27.6. The third-order valence-electron chi connectivity index (χ3n) is 8.56. The first-order chi connectivity index (χ1) is 23.8. The molecule has 2 atom stereocenters. The maximum absolute atomic E-state index is 13.8. The van der Waals surface area contributed by atoms with E-state index in [-0.39, 0.29) is 23.4 Å². The summed E-state index contributed by atoms with van der Waals surface area (Å²) in [4.78, 5) is 45.1. The van der Waals surface area contributed by atoms with E-state index >= 15 is 0 Å². The monoisotopic (exact) mass is 709 g/mol. The summed E-state index contributed by atoms with van der Waals surface area (Å²) < 4.78 is 36.8. The van der Waals surface area contributed by atoms with Gasteiger partial charge in [-0.05, 0) is 56.0 Å². The summed E-state index contributed by atoms with van der Waals surface area (Å²) in [6.07, 6.45) is 6.05. The van der Waals surface area contributed by atoms with Crippen LogP contribution in [0.1, 0.15) is 62.4 Å². The third kappa shape index (κ3) is 7.44. The van der Waals surface area contributed by atoms with Gasteiger partial charge in [-0.3, -0.25) is 23.8 Å². The van der Waals surface area contributed by atoms with Crippen molar-refractivity contribution in [1.82, 2.24) is 39.3 Å². The van der Waals surface area contributed by atoms with Crippen molar-refractivity contribution < 1.29 is 27.9 Å². The van der Waals surface area contributed by atoms with Crippen LogP contribution >= 0.6 is 11.6 Å². The Hall–Kier alpha value is -5.38. The molecule has 2 bridgehead atoms. The normalized spacial score (nSPS) is 17.8. The zero-order chi connectivity index (χ0) is 35.7. The van der Waals surface area contributed by atoms with Gasteiger partial charge in [-0.25, -0.2) is 14.5 Å². The summed E-state index contributed by atoms with van der Waals surface area (Å²) in [7, 11) is 1.83. The first kappa shape index (κ1) is 34.5. The van der Waals surface area contributed by atoms with Crippen molar-refractivity contribution >= 4 is 29.2 Å². The van der Waals surface area contributed by atoms with Crippen LogP contribution in [0.5, 0.6) is 0 Å². The molecular weight excluding hydrogens is 679 g/mol. The Kier molecular flexibility index (Phi) is 9.56. The lowest BCUT2D eigenvalue weighted by molar-refractivity contribution is -0.192. The molecule has 0 unspecified atom stereocenters. The highest BCUT2D eigenvalue weighted by atomic mass is 35.5. The smallest absolute Gasteiger partial charge is 0.475 e. The molecule has 0 spiro atoms. The minimum atomic E-state index is -5.08. The molecule has 2 N–H and O–H groups in total. The van der Waals surface area contributed by atoms with E-state index in [4.69, 9.17) is 26.5 Å². The fourth-order valence-corrected chi connectivity index (χ4v) is 5.92. The molecule has 5 aromatic rings. The van der Waals surface area contributed by atoms with Gasteiger partial charge in [-0.2, -0.15) is 18.3 Å². The highest BCUT2D eigenvalue weighted by molar-refractivity contribution is 6.31. The lowest BCUT2D eigenvalue weighted by Crippen LogP contribution is -2.27. The first-order valence-corrected chi connectivity index (χ1v) is 16.1.